The third kappa shape index (κ3) is 3.71. The van der Waals surface area contributed by atoms with Crippen molar-refractivity contribution in [1.29, 1.82) is 0 Å². The molecule has 8 heteroatoms. The Kier molecular flexibility index (Phi) is 5.31. The molecule has 22 heavy (non-hydrogen) atoms. The average molecular weight is 347 g/mol. The van der Waals surface area contributed by atoms with Gasteiger partial charge < -0.3 is 10.1 Å². The molecular weight excluding hydrogens is 328 g/mol. The lowest BCUT2D eigenvalue weighted by Crippen LogP contribution is -2.45. The lowest BCUT2D eigenvalue weighted by molar-refractivity contribution is -0.119. The zero-order chi connectivity index (χ0) is 16.3. The third-order valence-corrected chi connectivity index (χ3v) is 5.81. The summed E-state index contributed by atoms with van der Waals surface area (Å²) in [5.74, 6) is 0.341. The van der Waals surface area contributed by atoms with E-state index in [1.807, 2.05) is 0 Å². The highest BCUT2D eigenvalue weighted by atomic mass is 35.5. The number of piperidine rings is 1. The second kappa shape index (κ2) is 6.85. The lowest BCUT2D eigenvalue weighted by atomic mass is 10.1. The topological polar surface area (TPSA) is 75.7 Å². The number of hydrogen-bond donors (Lipinski definition) is 1. The molecule has 122 valence electrons. The fourth-order valence-electron chi connectivity index (χ4n) is 2.48. The predicted octanol–water partition coefficient (Wildman–Crippen LogP) is 1.64. The zero-order valence-electron chi connectivity index (χ0n) is 12.5. The molecule has 1 fully saturated rings. The highest BCUT2D eigenvalue weighted by molar-refractivity contribution is 7.89. The Bertz CT molecular complexity index is 655. The number of rotatable bonds is 4. The molecule has 1 aliphatic heterocycles. The molecule has 1 aliphatic rings. The molecule has 1 N–H and O–H groups in total. The van der Waals surface area contributed by atoms with Crippen molar-refractivity contribution >= 4 is 27.5 Å². The molecule has 0 unspecified atom stereocenters. The van der Waals surface area contributed by atoms with E-state index in [1.54, 1.807) is 6.07 Å². The summed E-state index contributed by atoms with van der Waals surface area (Å²) in [6, 6.07) is 4.46. The molecule has 1 aromatic carbocycles. The lowest BCUT2D eigenvalue weighted by Gasteiger charge is -2.31. The van der Waals surface area contributed by atoms with E-state index in [2.05, 4.69) is 5.32 Å². The monoisotopic (exact) mass is 346 g/mol. The Morgan fingerprint density at radius 1 is 1.36 bits per heavy atom. The number of nitrogens with zero attached hydrogens (tertiary/aromatic N) is 1. The Morgan fingerprint density at radius 2 is 2.00 bits per heavy atom. The van der Waals surface area contributed by atoms with Gasteiger partial charge in [0.25, 0.3) is 0 Å². The smallest absolute Gasteiger partial charge is 0.243 e. The van der Waals surface area contributed by atoms with Crippen LogP contribution >= 0.6 is 11.6 Å². The van der Waals surface area contributed by atoms with Crippen LogP contribution in [0.3, 0.4) is 0 Å². The number of carbonyl (C=O) groups excluding carboxylic acids is 1. The number of ether oxygens (including phenoxy) is 1. The summed E-state index contributed by atoms with van der Waals surface area (Å²) in [5.41, 5.74) is 0. The van der Waals surface area contributed by atoms with Crippen molar-refractivity contribution in [1.82, 2.24) is 9.62 Å². The first-order valence-electron chi connectivity index (χ1n) is 6.95. The van der Waals surface area contributed by atoms with Crippen molar-refractivity contribution in [3.63, 3.8) is 0 Å². The van der Waals surface area contributed by atoms with E-state index < -0.39 is 10.0 Å². The van der Waals surface area contributed by atoms with Crippen LogP contribution in [0, 0.1) is 0 Å². The average Bonchev–Trinajstić information content (AvgIpc) is 2.47. The number of nitrogens with one attached hydrogen (secondary N) is 1. The van der Waals surface area contributed by atoms with Crippen LogP contribution in [-0.4, -0.2) is 44.9 Å². The maximum absolute atomic E-state index is 12.6. The second-order valence-corrected chi connectivity index (χ2v) is 7.52. The minimum atomic E-state index is -3.58. The van der Waals surface area contributed by atoms with Gasteiger partial charge in [0.15, 0.2) is 0 Å². The Labute approximate surface area is 135 Å². The van der Waals surface area contributed by atoms with Gasteiger partial charge in [0.05, 0.1) is 17.0 Å². The van der Waals surface area contributed by atoms with E-state index >= 15 is 0 Å². The van der Waals surface area contributed by atoms with Crippen molar-refractivity contribution in [2.75, 3.05) is 20.2 Å². The molecule has 6 nitrogen and oxygen atoms in total. The van der Waals surface area contributed by atoms with Crippen LogP contribution in [0.5, 0.6) is 5.75 Å². The normalized spacial score (nSPS) is 17.2. The van der Waals surface area contributed by atoms with Crippen molar-refractivity contribution < 1.29 is 17.9 Å². The zero-order valence-corrected chi connectivity index (χ0v) is 14.1. The fourth-order valence-corrected chi connectivity index (χ4v) is 4.30. The van der Waals surface area contributed by atoms with Gasteiger partial charge in [0.1, 0.15) is 5.75 Å². The number of amides is 1. The van der Waals surface area contributed by atoms with Gasteiger partial charge in [-0.2, -0.15) is 4.31 Å². The van der Waals surface area contributed by atoms with Crippen molar-refractivity contribution in [2.24, 2.45) is 0 Å². The van der Waals surface area contributed by atoms with Gasteiger partial charge in [-0.25, -0.2) is 8.42 Å². The number of halogens is 1. The summed E-state index contributed by atoms with van der Waals surface area (Å²) < 4.78 is 31.7. The Balaban J connectivity index is 2.11. The molecule has 1 amide bonds. The summed E-state index contributed by atoms with van der Waals surface area (Å²) in [5, 5.41) is 3.08. The Morgan fingerprint density at radius 3 is 2.50 bits per heavy atom. The molecule has 2 rings (SSSR count). The van der Waals surface area contributed by atoms with Gasteiger partial charge in [-0.15, -0.1) is 0 Å². The highest BCUT2D eigenvalue weighted by Crippen LogP contribution is 2.29. The van der Waals surface area contributed by atoms with E-state index in [4.69, 9.17) is 16.3 Å². The molecule has 0 aliphatic carbocycles. The predicted molar refractivity (Wildman–Crippen MR) is 83.6 cm³/mol. The number of sulfonamides is 1. The largest absolute Gasteiger partial charge is 0.495 e. The van der Waals surface area contributed by atoms with Crippen LogP contribution in [0.25, 0.3) is 0 Å². The number of benzene rings is 1. The molecule has 0 radical (unpaired) electrons. The summed E-state index contributed by atoms with van der Waals surface area (Å²) in [6.07, 6.45) is 1.20. The van der Waals surface area contributed by atoms with E-state index in [0.717, 1.165) is 0 Å². The first kappa shape index (κ1) is 17.1. The van der Waals surface area contributed by atoms with Crippen LogP contribution in [-0.2, 0) is 14.8 Å². The first-order chi connectivity index (χ1) is 10.3. The molecule has 0 bridgehead atoms. The van der Waals surface area contributed by atoms with Crippen LogP contribution in [0.1, 0.15) is 19.8 Å². The summed E-state index contributed by atoms with van der Waals surface area (Å²) in [7, 11) is -2.11. The van der Waals surface area contributed by atoms with E-state index in [-0.39, 0.29) is 21.9 Å². The van der Waals surface area contributed by atoms with Gasteiger partial charge in [-0.1, -0.05) is 11.6 Å². The van der Waals surface area contributed by atoms with Crippen LogP contribution in [0.15, 0.2) is 23.1 Å². The summed E-state index contributed by atoms with van der Waals surface area (Å²) >= 11 is 6.00. The number of carbonyl (C=O) groups is 1. The maximum atomic E-state index is 12.6. The molecule has 0 spiro atoms. The van der Waals surface area contributed by atoms with E-state index in [9.17, 15) is 13.2 Å². The van der Waals surface area contributed by atoms with E-state index in [1.165, 1.54) is 30.5 Å². The standard InChI is InChI=1S/C14H19ClN2O4S/c1-10(18)16-11-5-7-17(8-6-11)22(19,20)12-3-4-14(21-2)13(15)9-12/h3-4,9,11H,5-8H2,1-2H3,(H,16,18). The molecule has 1 aromatic rings. The van der Waals surface area contributed by atoms with Crippen molar-refractivity contribution in [3.05, 3.63) is 23.2 Å². The van der Waals surface area contributed by atoms with Gasteiger partial charge in [-0.3, -0.25) is 4.79 Å². The second-order valence-electron chi connectivity index (χ2n) is 5.18. The molecule has 0 aromatic heterocycles. The number of methoxy groups -OCH3 is 1. The summed E-state index contributed by atoms with van der Waals surface area (Å²) in [6.45, 7) is 2.20. The van der Waals surface area contributed by atoms with Crippen molar-refractivity contribution in [2.45, 2.75) is 30.7 Å². The van der Waals surface area contributed by atoms with Gasteiger partial charge in [-0.05, 0) is 31.0 Å². The van der Waals surface area contributed by atoms with Gasteiger partial charge >= 0.3 is 0 Å². The van der Waals surface area contributed by atoms with Crippen molar-refractivity contribution in [3.8, 4) is 5.75 Å². The summed E-state index contributed by atoms with van der Waals surface area (Å²) in [4.78, 5) is 11.2. The minimum Gasteiger partial charge on any atom is -0.495 e. The molecule has 0 atom stereocenters. The highest BCUT2D eigenvalue weighted by Gasteiger charge is 2.30. The van der Waals surface area contributed by atoms with Gasteiger partial charge in [0.2, 0.25) is 15.9 Å². The molecular formula is C14H19ClN2O4S. The molecule has 1 heterocycles. The number of hydrogen-bond acceptors (Lipinski definition) is 4. The first-order valence-corrected chi connectivity index (χ1v) is 8.77. The maximum Gasteiger partial charge on any atom is 0.243 e. The van der Waals surface area contributed by atoms with E-state index in [0.29, 0.717) is 31.7 Å². The SMILES string of the molecule is COc1ccc(S(=O)(=O)N2CCC(NC(C)=O)CC2)cc1Cl. The fraction of sp³-hybridized carbons (Fsp3) is 0.500. The van der Waals surface area contributed by atoms with Crippen LogP contribution < -0.4 is 10.1 Å². The third-order valence-electron chi connectivity index (χ3n) is 3.62. The van der Waals surface area contributed by atoms with Crippen LogP contribution in [0.4, 0.5) is 0 Å². The Hall–Kier alpha value is -1.31. The quantitative estimate of drug-likeness (QED) is 0.899. The molecule has 1 saturated heterocycles. The van der Waals surface area contributed by atoms with Gasteiger partial charge in [0, 0.05) is 26.1 Å². The molecule has 0 saturated carbocycles. The van der Waals surface area contributed by atoms with Crippen LogP contribution in [0.2, 0.25) is 5.02 Å². The minimum absolute atomic E-state index is 0.0309.